The minimum Gasteiger partial charge on any atom is -0.550 e. The predicted octanol–water partition coefficient (Wildman–Crippen LogP) is 1.69. The first-order chi connectivity index (χ1) is 12.2. The molecule has 0 aromatic heterocycles. The van der Waals surface area contributed by atoms with Gasteiger partial charge in [-0.05, 0) is 37.1 Å². The van der Waals surface area contributed by atoms with Crippen molar-refractivity contribution >= 4 is 5.97 Å². The Morgan fingerprint density at radius 1 is 0.760 bits per heavy atom. The number of benzene rings is 2. The average molecular weight is 452 g/mol. The minimum atomic E-state index is -0.913. The van der Waals surface area contributed by atoms with Gasteiger partial charge in [-0.1, -0.05) is 81.8 Å². The van der Waals surface area contributed by atoms with E-state index in [9.17, 15) is 9.90 Å². The van der Waals surface area contributed by atoms with Gasteiger partial charge in [-0.3, -0.25) is 0 Å². The van der Waals surface area contributed by atoms with Gasteiger partial charge in [0.1, 0.15) is 0 Å². The Hall–Kier alpha value is -1.36. The summed E-state index contributed by atoms with van der Waals surface area (Å²) in [7, 11) is 0. The summed E-state index contributed by atoms with van der Waals surface area (Å²) in [5.74, 6) is -0.913. The van der Waals surface area contributed by atoms with Crippen molar-refractivity contribution in [2.24, 2.45) is 0 Å². The van der Waals surface area contributed by atoms with E-state index in [0.29, 0.717) is 0 Å². The Bertz CT molecular complexity index is 517. The van der Waals surface area contributed by atoms with E-state index in [1.54, 1.807) is 0 Å². The van der Waals surface area contributed by atoms with Crippen LogP contribution in [0.1, 0.15) is 58.3 Å². The number of unbranched alkanes of at least 4 members (excludes halogenated alkanes) is 6. The van der Waals surface area contributed by atoms with Crippen LogP contribution in [0.3, 0.4) is 0 Å². The highest BCUT2D eigenvalue weighted by atomic mass is 127. The van der Waals surface area contributed by atoms with Crippen molar-refractivity contribution in [2.45, 2.75) is 58.3 Å². The molecule has 0 bridgehead atoms. The molecule has 2 aromatic rings. The molecule has 2 rings (SSSR count). The molecule has 0 aliphatic rings. The highest BCUT2D eigenvalue weighted by molar-refractivity contribution is 5.64. The third kappa shape index (κ3) is 12.6. The summed E-state index contributed by atoms with van der Waals surface area (Å²) in [5.41, 5.74) is 0. The number of rotatable bonds is 10. The molecule has 0 fully saturated rings. The standard InChI is InChI=1S/C12H10I.C10H20O2/c1-3-7-11(8-4-1)13-12-9-5-2-6-10-12;1-2-3-4-5-6-7-8-9-10(11)12/h1-10H;2-9H2,1H3,(H,11,12)/q+1;/p-1. The molecule has 0 radical (unpaired) electrons. The molecule has 3 heteroatoms. The summed E-state index contributed by atoms with van der Waals surface area (Å²) >= 11 is 0.0287. The van der Waals surface area contributed by atoms with E-state index in [4.69, 9.17) is 0 Å². The second-order valence-electron chi connectivity index (χ2n) is 5.93. The zero-order valence-electron chi connectivity index (χ0n) is 15.1. The number of carboxylic acids is 1. The molecule has 0 saturated heterocycles. The summed E-state index contributed by atoms with van der Waals surface area (Å²) < 4.78 is 2.96. The molecule has 2 nitrogen and oxygen atoms in total. The Labute approximate surface area is 162 Å². The van der Waals surface area contributed by atoms with Gasteiger partial charge in [0.25, 0.3) is 0 Å². The molecule has 2 aromatic carbocycles. The molecule has 0 unspecified atom stereocenters. The van der Waals surface area contributed by atoms with Gasteiger partial charge in [-0.25, -0.2) is 0 Å². The van der Waals surface area contributed by atoms with E-state index < -0.39 is 5.97 Å². The lowest BCUT2D eigenvalue weighted by Crippen LogP contribution is -3.61. The lowest BCUT2D eigenvalue weighted by molar-refractivity contribution is -0.597. The summed E-state index contributed by atoms with van der Waals surface area (Å²) in [6, 6.07) is 21.4. The van der Waals surface area contributed by atoms with Crippen LogP contribution in [0.15, 0.2) is 60.7 Å². The molecule has 0 N–H and O–H groups in total. The van der Waals surface area contributed by atoms with Gasteiger partial charge in [0, 0.05) is 5.97 Å². The maximum atomic E-state index is 10.0. The second kappa shape index (κ2) is 14.9. The van der Waals surface area contributed by atoms with Gasteiger partial charge in [-0.15, -0.1) is 0 Å². The predicted molar refractivity (Wildman–Crippen MR) is 97.9 cm³/mol. The highest BCUT2D eigenvalue weighted by Gasteiger charge is 2.12. The smallest absolute Gasteiger partial charge is 0.357 e. The van der Waals surface area contributed by atoms with Gasteiger partial charge < -0.3 is 9.90 Å². The third-order valence-electron chi connectivity index (χ3n) is 3.67. The largest absolute Gasteiger partial charge is 0.550 e. The number of halogens is 1. The van der Waals surface area contributed by atoms with Gasteiger partial charge in [0.15, 0.2) is 7.14 Å². The van der Waals surface area contributed by atoms with E-state index >= 15 is 0 Å². The molecule has 0 spiro atoms. The van der Waals surface area contributed by atoms with E-state index in [0.717, 1.165) is 12.8 Å². The number of hydrogen-bond donors (Lipinski definition) is 0. The lowest BCUT2D eigenvalue weighted by atomic mass is 10.1. The summed E-state index contributed by atoms with van der Waals surface area (Å²) in [6.07, 6.45) is 8.34. The zero-order chi connectivity index (χ0) is 18.2. The maximum Gasteiger partial charge on any atom is 0.357 e. The lowest BCUT2D eigenvalue weighted by Gasteiger charge is -2.01. The SMILES string of the molecule is CCCCCCCCCC(=O)[O-].c1ccc([I+]c2ccccc2)cc1. The van der Waals surface area contributed by atoms with E-state index in [1.165, 1.54) is 39.2 Å². The monoisotopic (exact) mass is 452 g/mol. The fourth-order valence-electron chi connectivity index (χ4n) is 2.31. The Balaban J connectivity index is 0.000000252. The topological polar surface area (TPSA) is 40.1 Å². The number of carbonyl (C=O) groups is 1. The summed E-state index contributed by atoms with van der Waals surface area (Å²) in [4.78, 5) is 10.0. The average Bonchev–Trinajstić information content (AvgIpc) is 2.63. The Kier molecular flexibility index (Phi) is 13.0. The normalized spacial score (nSPS) is 9.96. The Morgan fingerprint density at radius 2 is 1.20 bits per heavy atom. The molecule has 0 amide bonds. The van der Waals surface area contributed by atoms with Gasteiger partial charge >= 0.3 is 21.2 Å². The van der Waals surface area contributed by atoms with Crippen molar-refractivity contribution < 1.29 is 31.1 Å². The first-order valence-electron chi connectivity index (χ1n) is 9.17. The Morgan fingerprint density at radius 3 is 1.64 bits per heavy atom. The maximum absolute atomic E-state index is 10.0. The number of aliphatic carboxylic acids is 1. The van der Waals surface area contributed by atoms with Crippen LogP contribution in [0.5, 0.6) is 0 Å². The molecule has 0 aliphatic heterocycles. The fraction of sp³-hybridized carbons (Fsp3) is 0.409. The minimum absolute atomic E-state index is 0.0287. The fourth-order valence-corrected chi connectivity index (χ4v) is 4.58. The third-order valence-corrected chi connectivity index (χ3v) is 6.35. The van der Waals surface area contributed by atoms with Crippen LogP contribution < -0.4 is 26.3 Å². The first-order valence-corrected chi connectivity index (χ1v) is 11.3. The summed E-state index contributed by atoms with van der Waals surface area (Å²) in [6.45, 7) is 2.19. The van der Waals surface area contributed by atoms with Crippen molar-refractivity contribution in [1.29, 1.82) is 0 Å². The van der Waals surface area contributed by atoms with Crippen molar-refractivity contribution in [1.82, 2.24) is 0 Å². The van der Waals surface area contributed by atoms with Crippen LogP contribution in [0.2, 0.25) is 0 Å². The molecular formula is C22H29IO2. The van der Waals surface area contributed by atoms with E-state index in [2.05, 4.69) is 67.6 Å². The molecule has 0 aliphatic carbocycles. The highest BCUT2D eigenvalue weighted by Crippen LogP contribution is 2.07. The van der Waals surface area contributed by atoms with Gasteiger partial charge in [0.05, 0.1) is 0 Å². The van der Waals surface area contributed by atoms with Crippen molar-refractivity contribution in [3.8, 4) is 0 Å². The van der Waals surface area contributed by atoms with E-state index in [1.807, 2.05) is 0 Å². The van der Waals surface area contributed by atoms with Crippen LogP contribution in [-0.2, 0) is 4.79 Å². The van der Waals surface area contributed by atoms with Crippen LogP contribution in [0.25, 0.3) is 0 Å². The van der Waals surface area contributed by atoms with Gasteiger partial charge in [0.2, 0.25) is 0 Å². The molecule has 0 saturated carbocycles. The van der Waals surface area contributed by atoms with Crippen molar-refractivity contribution in [2.75, 3.05) is 0 Å². The molecule has 0 atom stereocenters. The van der Waals surface area contributed by atoms with Crippen molar-refractivity contribution in [3.63, 3.8) is 0 Å². The number of hydrogen-bond acceptors (Lipinski definition) is 2. The van der Waals surface area contributed by atoms with Crippen LogP contribution in [0, 0.1) is 7.14 Å². The zero-order valence-corrected chi connectivity index (χ0v) is 17.3. The first kappa shape index (κ1) is 21.7. The molecule has 25 heavy (non-hydrogen) atoms. The molecule has 0 heterocycles. The second-order valence-corrected chi connectivity index (χ2v) is 8.96. The quantitative estimate of drug-likeness (QED) is 0.407. The number of carboxylic acid groups (broad SMARTS) is 1. The number of carbonyl (C=O) groups excluding carboxylic acids is 1. The van der Waals surface area contributed by atoms with Crippen LogP contribution in [-0.4, -0.2) is 5.97 Å². The van der Waals surface area contributed by atoms with Gasteiger partial charge in [-0.2, -0.15) is 0 Å². The summed E-state index contributed by atoms with van der Waals surface area (Å²) in [5, 5.41) is 10.0. The molecule has 136 valence electrons. The molecular weight excluding hydrogens is 423 g/mol. The van der Waals surface area contributed by atoms with Crippen LogP contribution in [0.4, 0.5) is 0 Å². The van der Waals surface area contributed by atoms with Crippen molar-refractivity contribution in [3.05, 3.63) is 67.8 Å². The van der Waals surface area contributed by atoms with E-state index in [-0.39, 0.29) is 27.6 Å². The van der Waals surface area contributed by atoms with Crippen LogP contribution >= 0.6 is 0 Å².